The van der Waals surface area contributed by atoms with Crippen LogP contribution in [-0.4, -0.2) is 41.1 Å². The van der Waals surface area contributed by atoms with E-state index in [-0.39, 0.29) is 18.4 Å². The summed E-state index contributed by atoms with van der Waals surface area (Å²) in [4.78, 5) is 24.6. The number of amides is 2. The average molecular weight is 330 g/mol. The monoisotopic (exact) mass is 330 g/mol. The highest BCUT2D eigenvalue weighted by atomic mass is 16.5. The molecule has 0 aliphatic carbocycles. The lowest BCUT2D eigenvalue weighted by Crippen LogP contribution is -2.53. The Morgan fingerprint density at radius 2 is 2.00 bits per heavy atom. The third kappa shape index (κ3) is 4.38. The topological polar surface area (TPSA) is 85.7 Å². The van der Waals surface area contributed by atoms with Crippen LogP contribution >= 0.6 is 0 Å². The zero-order valence-corrected chi connectivity index (χ0v) is 13.9. The van der Waals surface area contributed by atoms with Crippen molar-refractivity contribution in [2.75, 3.05) is 13.1 Å². The molecule has 1 unspecified atom stereocenters. The van der Waals surface area contributed by atoms with Crippen LogP contribution in [0.1, 0.15) is 25.8 Å². The predicted molar refractivity (Wildman–Crippen MR) is 87.0 cm³/mol. The van der Waals surface area contributed by atoms with Gasteiger partial charge in [0.1, 0.15) is 12.6 Å². The largest absolute Gasteiger partial charge is 0.445 e. The lowest BCUT2D eigenvalue weighted by Gasteiger charge is -2.29. The minimum Gasteiger partial charge on any atom is -0.445 e. The molecule has 1 saturated heterocycles. The second-order valence-corrected chi connectivity index (χ2v) is 5.97. The number of hydrazine groups is 1. The molecule has 7 nitrogen and oxygen atoms in total. The number of ether oxygens (including phenoxy) is 1. The molecule has 0 saturated carbocycles. The van der Waals surface area contributed by atoms with Gasteiger partial charge in [-0.3, -0.25) is 4.79 Å². The van der Waals surface area contributed by atoms with Gasteiger partial charge in [0, 0.05) is 6.54 Å². The quantitative estimate of drug-likeness (QED) is 0.833. The number of hydrogen-bond acceptors (Lipinski definition) is 5. The molecule has 24 heavy (non-hydrogen) atoms. The van der Waals surface area contributed by atoms with Gasteiger partial charge in [-0.1, -0.05) is 44.2 Å². The zero-order chi connectivity index (χ0) is 17.5. The summed E-state index contributed by atoms with van der Waals surface area (Å²) in [5.74, 6) is -0.413. The number of carbonyl (C=O) groups is 2. The Morgan fingerprint density at radius 1 is 1.29 bits per heavy atom. The molecule has 1 fully saturated rings. The van der Waals surface area contributed by atoms with Gasteiger partial charge in [-0.05, 0) is 17.9 Å². The fourth-order valence-corrected chi connectivity index (χ4v) is 2.51. The van der Waals surface area contributed by atoms with E-state index in [4.69, 9.17) is 10.00 Å². The SMILES string of the molecule is CC(C)C(NC(=O)OCc1ccccc1)C(=O)N1CCCN1C#N. The summed E-state index contributed by atoms with van der Waals surface area (Å²) in [5, 5.41) is 14.4. The van der Waals surface area contributed by atoms with Gasteiger partial charge in [0.25, 0.3) is 5.91 Å². The summed E-state index contributed by atoms with van der Waals surface area (Å²) in [6.45, 7) is 4.82. The number of nitrogens with one attached hydrogen (secondary N) is 1. The number of hydrogen-bond donors (Lipinski definition) is 1. The number of nitrogens with zero attached hydrogens (tertiary/aromatic N) is 3. The van der Waals surface area contributed by atoms with E-state index in [1.807, 2.05) is 50.4 Å². The Labute approximate surface area is 141 Å². The second kappa shape index (κ2) is 8.20. The lowest BCUT2D eigenvalue weighted by molar-refractivity contribution is -0.143. The molecule has 0 spiro atoms. The number of carbonyl (C=O) groups excluding carboxylic acids is 2. The number of alkyl carbamates (subject to hydrolysis) is 1. The van der Waals surface area contributed by atoms with Crippen molar-refractivity contribution in [2.24, 2.45) is 5.92 Å². The first-order chi connectivity index (χ1) is 11.5. The molecule has 1 aliphatic heterocycles. The smallest absolute Gasteiger partial charge is 0.408 e. The van der Waals surface area contributed by atoms with Crippen molar-refractivity contribution in [3.63, 3.8) is 0 Å². The molecule has 7 heteroatoms. The van der Waals surface area contributed by atoms with E-state index in [1.54, 1.807) is 0 Å². The Morgan fingerprint density at radius 3 is 2.62 bits per heavy atom. The van der Waals surface area contributed by atoms with Gasteiger partial charge >= 0.3 is 6.09 Å². The van der Waals surface area contributed by atoms with Crippen LogP contribution in [0.5, 0.6) is 0 Å². The van der Waals surface area contributed by atoms with Crippen molar-refractivity contribution in [1.82, 2.24) is 15.3 Å². The van der Waals surface area contributed by atoms with Crippen molar-refractivity contribution >= 4 is 12.0 Å². The molecule has 1 aliphatic rings. The summed E-state index contributed by atoms with van der Waals surface area (Å²) in [6, 6.07) is 8.58. The van der Waals surface area contributed by atoms with Crippen molar-refractivity contribution in [1.29, 1.82) is 5.26 Å². The lowest BCUT2D eigenvalue weighted by atomic mass is 10.0. The predicted octanol–water partition coefficient (Wildman–Crippen LogP) is 1.87. The van der Waals surface area contributed by atoms with Gasteiger partial charge in [-0.15, -0.1) is 0 Å². The molecular formula is C17H22N4O3. The second-order valence-electron chi connectivity index (χ2n) is 5.97. The first kappa shape index (κ1) is 17.6. The van der Waals surface area contributed by atoms with Crippen LogP contribution in [0, 0.1) is 17.4 Å². The van der Waals surface area contributed by atoms with Gasteiger partial charge < -0.3 is 10.1 Å². The van der Waals surface area contributed by atoms with Crippen LogP contribution < -0.4 is 5.32 Å². The zero-order valence-electron chi connectivity index (χ0n) is 13.9. The summed E-state index contributed by atoms with van der Waals surface area (Å²) in [7, 11) is 0. The van der Waals surface area contributed by atoms with Crippen LogP contribution in [0.15, 0.2) is 30.3 Å². The summed E-state index contributed by atoms with van der Waals surface area (Å²) >= 11 is 0. The maximum Gasteiger partial charge on any atom is 0.408 e. The molecule has 1 atom stereocenters. The normalized spacial score (nSPS) is 15.1. The van der Waals surface area contributed by atoms with Crippen LogP contribution in [-0.2, 0) is 16.1 Å². The summed E-state index contributed by atoms with van der Waals surface area (Å²) in [5.41, 5.74) is 0.871. The maximum absolute atomic E-state index is 12.6. The Balaban J connectivity index is 1.94. The molecule has 1 aromatic carbocycles. The Bertz CT molecular complexity index is 612. The standard InChI is InChI=1S/C17H22N4O3/c1-13(2)15(16(22)21-10-6-9-20(21)12-18)19-17(23)24-11-14-7-4-3-5-8-14/h3-5,7-8,13,15H,6,9-11H2,1-2H3,(H,19,23). The number of nitriles is 1. The maximum atomic E-state index is 12.6. The highest BCUT2D eigenvalue weighted by Gasteiger charge is 2.34. The minimum absolute atomic E-state index is 0.122. The first-order valence-electron chi connectivity index (χ1n) is 7.98. The van der Waals surface area contributed by atoms with Crippen molar-refractivity contribution in [3.05, 3.63) is 35.9 Å². The summed E-state index contributed by atoms with van der Waals surface area (Å²) < 4.78 is 5.18. The van der Waals surface area contributed by atoms with E-state index < -0.39 is 12.1 Å². The molecule has 0 radical (unpaired) electrons. The Kier molecular flexibility index (Phi) is 6.01. The molecule has 0 aromatic heterocycles. The van der Waals surface area contributed by atoms with Gasteiger partial charge in [0.05, 0.1) is 6.54 Å². The third-order valence-corrected chi connectivity index (χ3v) is 3.82. The van der Waals surface area contributed by atoms with Crippen LogP contribution in [0.3, 0.4) is 0 Å². The van der Waals surface area contributed by atoms with Crippen LogP contribution in [0.25, 0.3) is 0 Å². The van der Waals surface area contributed by atoms with Crippen LogP contribution in [0.4, 0.5) is 4.79 Å². The Hall–Kier alpha value is -2.75. The number of rotatable bonds is 5. The first-order valence-corrected chi connectivity index (χ1v) is 7.98. The molecule has 1 aromatic rings. The minimum atomic E-state index is -0.734. The molecule has 2 amide bonds. The van der Waals surface area contributed by atoms with E-state index >= 15 is 0 Å². The molecule has 0 bridgehead atoms. The van der Waals surface area contributed by atoms with Gasteiger partial charge in [0.15, 0.2) is 6.19 Å². The highest BCUT2D eigenvalue weighted by Crippen LogP contribution is 2.14. The van der Waals surface area contributed by atoms with Crippen molar-refractivity contribution < 1.29 is 14.3 Å². The fourth-order valence-electron chi connectivity index (χ4n) is 2.51. The van der Waals surface area contributed by atoms with E-state index in [0.717, 1.165) is 12.0 Å². The van der Waals surface area contributed by atoms with Crippen molar-refractivity contribution in [2.45, 2.75) is 32.9 Å². The number of benzene rings is 1. The van der Waals surface area contributed by atoms with Gasteiger partial charge in [-0.2, -0.15) is 5.26 Å². The third-order valence-electron chi connectivity index (χ3n) is 3.82. The fraction of sp³-hybridized carbons (Fsp3) is 0.471. The molecular weight excluding hydrogens is 308 g/mol. The molecule has 1 heterocycles. The molecule has 1 N–H and O–H groups in total. The van der Waals surface area contributed by atoms with Crippen molar-refractivity contribution in [3.8, 4) is 6.19 Å². The van der Waals surface area contributed by atoms with E-state index in [0.29, 0.717) is 13.1 Å². The summed E-state index contributed by atoms with van der Waals surface area (Å²) in [6.07, 6.45) is 2.08. The average Bonchev–Trinajstić information content (AvgIpc) is 3.06. The van der Waals surface area contributed by atoms with Gasteiger partial charge in [0.2, 0.25) is 0 Å². The van der Waals surface area contributed by atoms with E-state index in [1.165, 1.54) is 10.0 Å². The molecule has 2 rings (SSSR count). The highest BCUT2D eigenvalue weighted by molar-refractivity contribution is 5.85. The van der Waals surface area contributed by atoms with Gasteiger partial charge in [-0.25, -0.2) is 14.8 Å². The van der Waals surface area contributed by atoms with Crippen LogP contribution in [0.2, 0.25) is 0 Å². The van der Waals surface area contributed by atoms with E-state index in [9.17, 15) is 9.59 Å². The van der Waals surface area contributed by atoms with E-state index in [2.05, 4.69) is 5.32 Å². The molecule has 128 valence electrons.